The minimum Gasteiger partial charge on any atom is -0.465 e. The zero-order chi connectivity index (χ0) is 19.4. The zero-order valence-corrected chi connectivity index (χ0v) is 17.6. The van der Waals surface area contributed by atoms with Gasteiger partial charge in [-0.25, -0.2) is 0 Å². The van der Waals surface area contributed by atoms with Crippen LogP contribution in [0, 0.1) is 23.2 Å². The summed E-state index contributed by atoms with van der Waals surface area (Å²) in [6.07, 6.45) is 7.93. The van der Waals surface area contributed by atoms with Crippen LogP contribution in [0.1, 0.15) is 66.7 Å². The molecule has 0 N–H and O–H groups in total. The van der Waals surface area contributed by atoms with Crippen LogP contribution in [-0.4, -0.2) is 38.5 Å². The van der Waals surface area contributed by atoms with Crippen molar-refractivity contribution in [3.63, 3.8) is 0 Å². The number of esters is 1. The third-order valence-electron chi connectivity index (χ3n) is 5.84. The Morgan fingerprint density at radius 2 is 1.65 bits per heavy atom. The molecule has 2 aliphatic carbocycles. The molecule has 1 atom stereocenters. The predicted molar refractivity (Wildman–Crippen MR) is 104 cm³/mol. The number of hydrogen-bond donors (Lipinski definition) is 0. The van der Waals surface area contributed by atoms with Crippen LogP contribution >= 0.6 is 0 Å². The van der Waals surface area contributed by atoms with E-state index in [1.807, 2.05) is 13.0 Å². The second-order valence-corrected chi connectivity index (χ2v) is 9.33. The molecule has 1 saturated carbocycles. The van der Waals surface area contributed by atoms with Crippen LogP contribution in [0.2, 0.25) is 0 Å². The van der Waals surface area contributed by atoms with Crippen molar-refractivity contribution >= 4 is 5.97 Å². The van der Waals surface area contributed by atoms with Gasteiger partial charge in [-0.3, -0.25) is 4.79 Å². The molecule has 0 radical (unpaired) electrons. The fourth-order valence-corrected chi connectivity index (χ4v) is 4.57. The van der Waals surface area contributed by atoms with Crippen molar-refractivity contribution in [2.24, 2.45) is 23.2 Å². The molecule has 1 fully saturated rings. The molecule has 4 heteroatoms. The summed E-state index contributed by atoms with van der Waals surface area (Å²) < 4.78 is 16.8. The van der Waals surface area contributed by atoms with Crippen molar-refractivity contribution in [1.29, 1.82) is 0 Å². The smallest absolute Gasteiger partial charge is 0.316 e. The molecule has 0 aromatic rings. The first-order valence-corrected chi connectivity index (χ1v) is 10.2. The third-order valence-corrected chi connectivity index (χ3v) is 5.84. The minimum absolute atomic E-state index is 0.0446. The van der Waals surface area contributed by atoms with Crippen LogP contribution < -0.4 is 0 Å². The number of hydrogen-bond acceptors (Lipinski definition) is 4. The highest BCUT2D eigenvalue weighted by molar-refractivity contribution is 5.83. The van der Waals surface area contributed by atoms with E-state index in [-0.39, 0.29) is 22.9 Å². The summed E-state index contributed by atoms with van der Waals surface area (Å²) in [7, 11) is 1.79. The number of rotatable bonds is 10. The molecule has 0 bridgehead atoms. The summed E-state index contributed by atoms with van der Waals surface area (Å²) >= 11 is 0. The lowest BCUT2D eigenvalue weighted by molar-refractivity contribution is -0.144. The maximum absolute atomic E-state index is 11.9. The van der Waals surface area contributed by atoms with Gasteiger partial charge in [0.25, 0.3) is 0 Å². The Kier molecular flexibility index (Phi) is 7.32. The van der Waals surface area contributed by atoms with Gasteiger partial charge >= 0.3 is 5.97 Å². The first-order chi connectivity index (χ1) is 12.2. The summed E-state index contributed by atoms with van der Waals surface area (Å²) in [5, 5.41) is 0. The molecule has 150 valence electrons. The van der Waals surface area contributed by atoms with Crippen LogP contribution in [-0.2, 0) is 19.0 Å². The van der Waals surface area contributed by atoms with Crippen molar-refractivity contribution in [3.8, 4) is 0 Å². The summed E-state index contributed by atoms with van der Waals surface area (Å²) in [5.74, 6) is 1.17. The lowest BCUT2D eigenvalue weighted by Crippen LogP contribution is -2.34. The van der Waals surface area contributed by atoms with Crippen LogP contribution in [0.25, 0.3) is 0 Å². The van der Waals surface area contributed by atoms with Gasteiger partial charge in [-0.05, 0) is 75.7 Å². The lowest BCUT2D eigenvalue weighted by Gasteiger charge is -2.36. The molecular weight excluding hydrogens is 328 g/mol. The second kappa shape index (κ2) is 8.88. The van der Waals surface area contributed by atoms with Crippen molar-refractivity contribution < 1.29 is 19.0 Å². The first kappa shape index (κ1) is 21.4. The highest BCUT2D eigenvalue weighted by Crippen LogP contribution is 2.48. The van der Waals surface area contributed by atoms with Crippen LogP contribution in [0.5, 0.6) is 0 Å². The van der Waals surface area contributed by atoms with Gasteiger partial charge in [0.2, 0.25) is 0 Å². The molecule has 26 heavy (non-hydrogen) atoms. The largest absolute Gasteiger partial charge is 0.465 e. The number of carbonyl (C=O) groups is 1. The van der Waals surface area contributed by atoms with Gasteiger partial charge in [-0.15, -0.1) is 0 Å². The van der Waals surface area contributed by atoms with Gasteiger partial charge in [0.05, 0.1) is 24.7 Å². The molecule has 0 aromatic carbocycles. The van der Waals surface area contributed by atoms with Crippen LogP contribution in [0.15, 0.2) is 11.6 Å². The zero-order valence-electron chi connectivity index (χ0n) is 17.6. The summed E-state index contributed by atoms with van der Waals surface area (Å²) in [4.78, 5) is 11.9. The molecule has 4 nitrogen and oxygen atoms in total. The number of methoxy groups -OCH3 is 1. The molecule has 2 rings (SSSR count). The van der Waals surface area contributed by atoms with E-state index in [4.69, 9.17) is 14.2 Å². The lowest BCUT2D eigenvalue weighted by atomic mass is 9.78. The van der Waals surface area contributed by atoms with Crippen LogP contribution in [0.4, 0.5) is 0 Å². The Balaban J connectivity index is 1.76. The summed E-state index contributed by atoms with van der Waals surface area (Å²) in [6.45, 7) is 12.8. The van der Waals surface area contributed by atoms with Gasteiger partial charge in [-0.2, -0.15) is 0 Å². The Hall–Kier alpha value is -0.870. The topological polar surface area (TPSA) is 44.8 Å². The predicted octanol–water partition coefficient (Wildman–Crippen LogP) is 4.77. The SMILES string of the molecule is CCOC(=O)[C@@H]1C=C1C(C)(C)CC(C)(C)OC[C@H]1CC[C@H](COC)CC1. The summed E-state index contributed by atoms with van der Waals surface area (Å²) in [5.41, 5.74) is 0.958. The van der Waals surface area contributed by atoms with Crippen molar-refractivity contribution in [3.05, 3.63) is 11.6 Å². The van der Waals surface area contributed by atoms with E-state index in [1.165, 1.54) is 31.3 Å². The van der Waals surface area contributed by atoms with E-state index in [1.54, 1.807) is 7.11 Å². The van der Waals surface area contributed by atoms with Crippen molar-refractivity contribution in [1.82, 2.24) is 0 Å². The van der Waals surface area contributed by atoms with E-state index in [0.717, 1.165) is 25.6 Å². The molecule has 0 heterocycles. The Labute approximate surface area is 159 Å². The third kappa shape index (κ3) is 6.09. The van der Waals surface area contributed by atoms with E-state index in [9.17, 15) is 4.79 Å². The Morgan fingerprint density at radius 1 is 1.08 bits per heavy atom. The monoisotopic (exact) mass is 366 g/mol. The van der Waals surface area contributed by atoms with Gasteiger partial charge < -0.3 is 14.2 Å². The summed E-state index contributed by atoms with van der Waals surface area (Å²) in [6, 6.07) is 0. The average molecular weight is 367 g/mol. The van der Waals surface area contributed by atoms with Gasteiger partial charge in [0.1, 0.15) is 0 Å². The second-order valence-electron chi connectivity index (χ2n) is 9.33. The van der Waals surface area contributed by atoms with Gasteiger partial charge in [-0.1, -0.05) is 19.9 Å². The quantitative estimate of drug-likeness (QED) is 0.413. The minimum atomic E-state index is -0.199. The number of ether oxygens (including phenoxy) is 3. The molecule has 0 aromatic heterocycles. The van der Waals surface area contributed by atoms with E-state index < -0.39 is 0 Å². The Bertz CT molecular complexity index is 498. The highest BCUT2D eigenvalue weighted by atomic mass is 16.5. The highest BCUT2D eigenvalue weighted by Gasteiger charge is 2.45. The fourth-order valence-electron chi connectivity index (χ4n) is 4.57. The fraction of sp³-hybridized carbons (Fsp3) is 0.864. The maximum Gasteiger partial charge on any atom is 0.316 e. The standard InChI is InChI=1S/C22H38O4/c1-7-25-20(23)18-12-19(18)21(2,3)15-22(4,5)26-14-17-10-8-16(9-11-17)13-24-6/h12,16-18H,7-11,13-15H2,1-6H3/t16-,17-,18-/m1/s1. The van der Waals surface area contributed by atoms with Gasteiger partial charge in [0, 0.05) is 13.7 Å². The molecule has 0 amide bonds. The molecule has 0 aliphatic heterocycles. The maximum atomic E-state index is 11.9. The molecule has 0 unspecified atom stereocenters. The Morgan fingerprint density at radius 3 is 2.19 bits per heavy atom. The molecule has 0 spiro atoms. The van der Waals surface area contributed by atoms with Crippen LogP contribution in [0.3, 0.4) is 0 Å². The normalized spacial score (nSPS) is 26.4. The van der Waals surface area contributed by atoms with E-state index in [2.05, 4.69) is 27.7 Å². The number of carbonyl (C=O) groups excluding carboxylic acids is 1. The van der Waals surface area contributed by atoms with Crippen molar-refractivity contribution in [2.75, 3.05) is 26.9 Å². The average Bonchev–Trinajstić information content (AvgIpc) is 3.35. The molecule has 2 aliphatic rings. The van der Waals surface area contributed by atoms with Crippen molar-refractivity contribution in [2.45, 2.75) is 72.3 Å². The first-order valence-electron chi connectivity index (χ1n) is 10.2. The van der Waals surface area contributed by atoms with E-state index in [0.29, 0.717) is 12.5 Å². The molecule has 0 saturated heterocycles. The van der Waals surface area contributed by atoms with Gasteiger partial charge in [0.15, 0.2) is 0 Å². The van der Waals surface area contributed by atoms with E-state index >= 15 is 0 Å². The molecular formula is C22H38O4.